The van der Waals surface area contributed by atoms with Crippen LogP contribution in [0.5, 0.6) is 0 Å². The number of carbonyl (C=O) groups is 1. The molecule has 4 nitrogen and oxygen atoms in total. The molecule has 2 N–H and O–H groups in total. The number of hydrogen-bond acceptors (Lipinski definition) is 3. The van der Waals surface area contributed by atoms with Crippen LogP contribution >= 0.6 is 0 Å². The second-order valence-corrected chi connectivity index (χ2v) is 8.44. The summed E-state index contributed by atoms with van der Waals surface area (Å²) in [4.78, 5) is 12.1. The Balaban J connectivity index is 1.59. The fraction of sp³-hybridized carbons (Fsp3) is 0.650. The predicted molar refractivity (Wildman–Crippen MR) is 96.2 cm³/mol. The van der Waals surface area contributed by atoms with Crippen molar-refractivity contribution in [1.82, 2.24) is 10.6 Å². The van der Waals surface area contributed by atoms with Crippen LogP contribution in [0.15, 0.2) is 18.2 Å². The molecule has 1 atom stereocenters. The normalized spacial score (nSPS) is 21.8. The van der Waals surface area contributed by atoms with Gasteiger partial charge < -0.3 is 15.4 Å². The van der Waals surface area contributed by atoms with E-state index in [2.05, 4.69) is 35.8 Å². The van der Waals surface area contributed by atoms with Gasteiger partial charge in [-0.1, -0.05) is 23.8 Å². The third kappa shape index (κ3) is 3.92. The number of carbonyl (C=O) groups excluding carboxylic acids is 1. The molecular formula is C20H30N2O2. The van der Waals surface area contributed by atoms with Gasteiger partial charge in [0.05, 0.1) is 5.54 Å². The highest BCUT2D eigenvalue weighted by Gasteiger charge is 2.40. The van der Waals surface area contributed by atoms with E-state index in [-0.39, 0.29) is 11.6 Å². The van der Waals surface area contributed by atoms with Crippen molar-refractivity contribution in [2.75, 3.05) is 6.54 Å². The molecule has 0 spiro atoms. The van der Waals surface area contributed by atoms with E-state index in [0.29, 0.717) is 6.04 Å². The number of hydrogen-bond donors (Lipinski definition) is 2. The first-order valence-corrected chi connectivity index (χ1v) is 9.10. The van der Waals surface area contributed by atoms with Crippen molar-refractivity contribution in [3.8, 4) is 0 Å². The van der Waals surface area contributed by atoms with Crippen LogP contribution in [-0.2, 0) is 11.2 Å². The van der Waals surface area contributed by atoms with Crippen LogP contribution in [0.2, 0.25) is 0 Å². The molecule has 0 aromatic heterocycles. The number of fused-ring (bicyclic) bond motifs is 1. The van der Waals surface area contributed by atoms with E-state index in [1.165, 1.54) is 16.7 Å². The Kier molecular flexibility index (Phi) is 4.60. The quantitative estimate of drug-likeness (QED) is 0.876. The Hall–Kier alpha value is -1.55. The van der Waals surface area contributed by atoms with Gasteiger partial charge in [0, 0.05) is 12.6 Å². The van der Waals surface area contributed by atoms with Crippen molar-refractivity contribution in [2.45, 2.75) is 77.0 Å². The highest BCUT2D eigenvalue weighted by molar-refractivity contribution is 5.69. The number of nitrogens with one attached hydrogen (secondary N) is 2. The first-order chi connectivity index (χ1) is 11.3. The van der Waals surface area contributed by atoms with E-state index < -0.39 is 5.60 Å². The number of benzene rings is 1. The van der Waals surface area contributed by atoms with E-state index >= 15 is 0 Å². The maximum atomic E-state index is 12.1. The predicted octanol–water partition coefficient (Wildman–Crippen LogP) is 4.02. The third-order valence-electron chi connectivity index (χ3n) is 5.14. The van der Waals surface area contributed by atoms with Gasteiger partial charge in [-0.3, -0.25) is 0 Å². The summed E-state index contributed by atoms with van der Waals surface area (Å²) in [6.07, 6.45) is 5.18. The molecule has 2 aliphatic rings. The molecule has 1 saturated carbocycles. The monoisotopic (exact) mass is 330 g/mol. The lowest BCUT2D eigenvalue weighted by atomic mass is 9.76. The summed E-state index contributed by atoms with van der Waals surface area (Å²) < 4.78 is 5.44. The molecule has 1 fully saturated rings. The lowest BCUT2D eigenvalue weighted by Gasteiger charge is -2.43. The summed E-state index contributed by atoms with van der Waals surface area (Å²) in [7, 11) is 0. The minimum atomic E-state index is -0.454. The summed E-state index contributed by atoms with van der Waals surface area (Å²) in [5, 5.41) is 6.83. The lowest BCUT2D eigenvalue weighted by Crippen LogP contribution is -2.60. The van der Waals surface area contributed by atoms with Gasteiger partial charge in [-0.2, -0.15) is 0 Å². The lowest BCUT2D eigenvalue weighted by molar-refractivity contribution is 0.0379. The number of aryl methyl sites for hydroxylation is 2. The third-order valence-corrected chi connectivity index (χ3v) is 5.14. The van der Waals surface area contributed by atoms with Gasteiger partial charge in [0.2, 0.25) is 0 Å². The van der Waals surface area contributed by atoms with Crippen molar-refractivity contribution in [3.63, 3.8) is 0 Å². The number of alkyl carbamates (subject to hydrolysis) is 1. The fourth-order valence-corrected chi connectivity index (χ4v) is 3.72. The minimum absolute atomic E-state index is 0.144. The molecule has 1 aromatic rings. The van der Waals surface area contributed by atoms with Crippen molar-refractivity contribution in [2.24, 2.45) is 0 Å². The molecule has 1 aromatic carbocycles. The molecule has 0 radical (unpaired) electrons. The first-order valence-electron chi connectivity index (χ1n) is 9.10. The molecule has 0 bridgehead atoms. The summed E-state index contributed by atoms with van der Waals surface area (Å²) >= 11 is 0. The van der Waals surface area contributed by atoms with Gasteiger partial charge in [-0.05, 0) is 70.9 Å². The van der Waals surface area contributed by atoms with Crippen LogP contribution < -0.4 is 10.6 Å². The second-order valence-electron chi connectivity index (χ2n) is 8.44. The van der Waals surface area contributed by atoms with Crippen LogP contribution in [0.1, 0.15) is 69.2 Å². The van der Waals surface area contributed by atoms with Crippen LogP contribution in [0, 0.1) is 6.92 Å². The largest absolute Gasteiger partial charge is 0.444 e. The second kappa shape index (κ2) is 6.40. The molecule has 0 heterocycles. The van der Waals surface area contributed by atoms with E-state index in [1.807, 2.05) is 20.8 Å². The maximum Gasteiger partial charge on any atom is 0.408 e. The van der Waals surface area contributed by atoms with Gasteiger partial charge in [-0.25, -0.2) is 4.79 Å². The van der Waals surface area contributed by atoms with Crippen molar-refractivity contribution < 1.29 is 9.53 Å². The minimum Gasteiger partial charge on any atom is -0.444 e. The summed E-state index contributed by atoms with van der Waals surface area (Å²) in [5.41, 5.74) is 3.61. The number of amides is 1. The zero-order chi connectivity index (χ0) is 17.4. The van der Waals surface area contributed by atoms with Crippen LogP contribution in [0.25, 0.3) is 0 Å². The number of rotatable bonds is 4. The highest BCUT2D eigenvalue weighted by atomic mass is 16.6. The Morgan fingerprint density at radius 3 is 2.71 bits per heavy atom. The Bertz CT molecular complexity index is 615. The Morgan fingerprint density at radius 2 is 2.08 bits per heavy atom. The van der Waals surface area contributed by atoms with Crippen LogP contribution in [0.3, 0.4) is 0 Å². The molecule has 24 heavy (non-hydrogen) atoms. The van der Waals surface area contributed by atoms with Gasteiger partial charge in [-0.15, -0.1) is 0 Å². The fourth-order valence-electron chi connectivity index (χ4n) is 3.72. The Morgan fingerprint density at radius 1 is 1.33 bits per heavy atom. The van der Waals surface area contributed by atoms with Crippen LogP contribution in [0.4, 0.5) is 4.79 Å². The molecule has 1 amide bonds. The van der Waals surface area contributed by atoms with Gasteiger partial charge in [0.1, 0.15) is 5.60 Å². The average Bonchev–Trinajstić information content (AvgIpc) is 2.82. The summed E-state index contributed by atoms with van der Waals surface area (Å²) in [5.74, 6) is 0. The standard InChI is InChI=1S/C20H30N2O2/c1-14-6-7-15-8-9-17(16(15)12-14)21-13-20(10-5-11-20)22-18(23)24-19(2,3)4/h6-7,12,17,21H,5,8-11,13H2,1-4H3,(H,22,23). The molecule has 0 aliphatic heterocycles. The van der Waals surface area contributed by atoms with Crippen LogP contribution in [-0.4, -0.2) is 23.8 Å². The zero-order valence-corrected chi connectivity index (χ0v) is 15.4. The van der Waals surface area contributed by atoms with E-state index in [9.17, 15) is 4.79 Å². The van der Waals surface area contributed by atoms with E-state index in [0.717, 1.165) is 38.6 Å². The molecular weight excluding hydrogens is 300 g/mol. The first kappa shape index (κ1) is 17.3. The van der Waals surface area contributed by atoms with Gasteiger partial charge in [0.25, 0.3) is 0 Å². The molecule has 1 unspecified atom stereocenters. The zero-order valence-electron chi connectivity index (χ0n) is 15.4. The van der Waals surface area contributed by atoms with Gasteiger partial charge in [0.15, 0.2) is 0 Å². The average molecular weight is 330 g/mol. The molecule has 2 aliphatic carbocycles. The summed E-state index contributed by atoms with van der Waals surface area (Å²) in [6.45, 7) is 8.65. The van der Waals surface area contributed by atoms with E-state index in [1.54, 1.807) is 0 Å². The topological polar surface area (TPSA) is 50.4 Å². The SMILES string of the molecule is Cc1ccc2c(c1)C(NCC1(NC(=O)OC(C)(C)C)CCC1)CC2. The Labute approximate surface area is 145 Å². The van der Waals surface area contributed by atoms with Gasteiger partial charge >= 0.3 is 6.09 Å². The molecule has 0 saturated heterocycles. The van der Waals surface area contributed by atoms with E-state index in [4.69, 9.17) is 4.74 Å². The number of ether oxygens (including phenoxy) is 1. The molecule has 3 rings (SSSR count). The molecule has 4 heteroatoms. The van der Waals surface area contributed by atoms with Crippen molar-refractivity contribution in [1.29, 1.82) is 0 Å². The summed E-state index contributed by atoms with van der Waals surface area (Å²) in [6, 6.07) is 7.15. The van der Waals surface area contributed by atoms with Crippen molar-refractivity contribution in [3.05, 3.63) is 34.9 Å². The maximum absolute atomic E-state index is 12.1. The smallest absolute Gasteiger partial charge is 0.408 e. The molecule has 132 valence electrons. The highest BCUT2D eigenvalue weighted by Crippen LogP contribution is 2.35. The van der Waals surface area contributed by atoms with Crippen molar-refractivity contribution >= 4 is 6.09 Å².